The van der Waals surface area contributed by atoms with Crippen LogP contribution in [0.4, 0.5) is 10.1 Å². The highest BCUT2D eigenvalue weighted by atomic mass is 19.1. The molecule has 20 heavy (non-hydrogen) atoms. The number of nitrogens with one attached hydrogen (secondary N) is 1. The average Bonchev–Trinajstić information content (AvgIpc) is 3.11. The molecule has 0 saturated heterocycles. The van der Waals surface area contributed by atoms with Crippen molar-refractivity contribution in [1.82, 2.24) is 20.2 Å². The van der Waals surface area contributed by atoms with E-state index in [9.17, 15) is 4.39 Å². The molecule has 2 aromatic heterocycles. The van der Waals surface area contributed by atoms with Crippen molar-refractivity contribution in [2.75, 3.05) is 11.9 Å². The van der Waals surface area contributed by atoms with Gasteiger partial charge in [0, 0.05) is 6.54 Å². The maximum Gasteiger partial charge on any atom is 0.240 e. The van der Waals surface area contributed by atoms with Gasteiger partial charge in [0.05, 0.1) is 18.5 Å². The first-order valence-corrected chi connectivity index (χ1v) is 6.13. The lowest BCUT2D eigenvalue weighted by molar-refractivity contribution is 0.535. The van der Waals surface area contributed by atoms with E-state index in [1.807, 2.05) is 0 Å². The summed E-state index contributed by atoms with van der Waals surface area (Å²) in [6, 6.07) is 10.0. The van der Waals surface area contributed by atoms with Crippen molar-refractivity contribution < 1.29 is 8.81 Å². The Labute approximate surface area is 114 Å². The Kier molecular flexibility index (Phi) is 3.40. The van der Waals surface area contributed by atoms with Crippen LogP contribution in [-0.2, 0) is 6.54 Å². The van der Waals surface area contributed by atoms with Gasteiger partial charge in [0.15, 0.2) is 5.76 Å². The molecule has 1 aromatic carbocycles. The normalized spacial score (nSPS) is 10.7. The van der Waals surface area contributed by atoms with Gasteiger partial charge in [0.2, 0.25) is 5.82 Å². The summed E-state index contributed by atoms with van der Waals surface area (Å²) < 4.78 is 18.6. The highest BCUT2D eigenvalue weighted by Gasteiger charge is 2.08. The molecule has 0 fully saturated rings. The van der Waals surface area contributed by atoms with Gasteiger partial charge < -0.3 is 9.73 Å². The van der Waals surface area contributed by atoms with Crippen molar-refractivity contribution in [3.63, 3.8) is 0 Å². The molecule has 3 rings (SSSR count). The van der Waals surface area contributed by atoms with E-state index in [4.69, 9.17) is 4.42 Å². The Morgan fingerprint density at radius 3 is 2.90 bits per heavy atom. The van der Waals surface area contributed by atoms with Crippen LogP contribution in [0.1, 0.15) is 0 Å². The second kappa shape index (κ2) is 5.52. The Morgan fingerprint density at radius 2 is 2.10 bits per heavy atom. The Hall–Kier alpha value is -2.70. The molecule has 6 nitrogen and oxygen atoms in total. The number of nitrogens with zero attached hydrogens (tertiary/aromatic N) is 4. The fraction of sp³-hybridized carbons (Fsp3) is 0.154. The molecule has 0 atom stereocenters. The van der Waals surface area contributed by atoms with Crippen LogP contribution < -0.4 is 5.32 Å². The molecule has 0 amide bonds. The number of tetrazole rings is 1. The smallest absolute Gasteiger partial charge is 0.240 e. The van der Waals surface area contributed by atoms with Crippen LogP contribution in [0.25, 0.3) is 11.6 Å². The first-order valence-electron chi connectivity index (χ1n) is 6.13. The van der Waals surface area contributed by atoms with Crippen LogP contribution in [0.3, 0.4) is 0 Å². The third kappa shape index (κ3) is 2.66. The maximum absolute atomic E-state index is 13.4. The Bertz CT molecular complexity index is 680. The van der Waals surface area contributed by atoms with Crippen LogP contribution in [0.2, 0.25) is 0 Å². The summed E-state index contributed by atoms with van der Waals surface area (Å²) in [5.41, 5.74) is 0.457. The van der Waals surface area contributed by atoms with Gasteiger partial charge in [0.1, 0.15) is 5.82 Å². The van der Waals surface area contributed by atoms with Crippen LogP contribution in [0.15, 0.2) is 47.1 Å². The van der Waals surface area contributed by atoms with E-state index >= 15 is 0 Å². The minimum atomic E-state index is -0.282. The van der Waals surface area contributed by atoms with Gasteiger partial charge in [0.25, 0.3) is 0 Å². The second-order valence-corrected chi connectivity index (χ2v) is 4.09. The van der Waals surface area contributed by atoms with Crippen molar-refractivity contribution in [1.29, 1.82) is 0 Å². The molecule has 0 bridgehead atoms. The number of para-hydroxylation sites is 1. The molecular formula is C13H12FN5O. The monoisotopic (exact) mass is 273 g/mol. The molecule has 0 unspecified atom stereocenters. The third-order valence-electron chi connectivity index (χ3n) is 2.70. The predicted molar refractivity (Wildman–Crippen MR) is 70.4 cm³/mol. The first kappa shape index (κ1) is 12.3. The van der Waals surface area contributed by atoms with Crippen LogP contribution in [-0.4, -0.2) is 26.8 Å². The number of rotatable bonds is 5. The number of hydrogen-bond donors (Lipinski definition) is 1. The van der Waals surface area contributed by atoms with E-state index in [0.29, 0.717) is 30.4 Å². The van der Waals surface area contributed by atoms with Gasteiger partial charge in [-0.15, -0.1) is 10.2 Å². The maximum atomic E-state index is 13.4. The van der Waals surface area contributed by atoms with E-state index in [-0.39, 0.29) is 5.82 Å². The van der Waals surface area contributed by atoms with Gasteiger partial charge in [-0.05, 0) is 29.5 Å². The van der Waals surface area contributed by atoms with Crippen molar-refractivity contribution >= 4 is 5.69 Å². The molecule has 7 heteroatoms. The predicted octanol–water partition coefficient (Wildman–Crippen LogP) is 2.18. The fourth-order valence-corrected chi connectivity index (χ4v) is 1.74. The summed E-state index contributed by atoms with van der Waals surface area (Å²) in [6.45, 7) is 0.969. The topological polar surface area (TPSA) is 68.8 Å². The SMILES string of the molecule is Fc1ccccc1NCCn1nnc(-c2ccco2)n1. The molecular weight excluding hydrogens is 261 g/mol. The Balaban J connectivity index is 1.58. The van der Waals surface area contributed by atoms with Gasteiger partial charge >= 0.3 is 0 Å². The number of hydrogen-bond acceptors (Lipinski definition) is 5. The summed E-state index contributed by atoms with van der Waals surface area (Å²) in [4.78, 5) is 1.44. The quantitative estimate of drug-likeness (QED) is 0.771. The van der Waals surface area contributed by atoms with Crippen LogP contribution >= 0.6 is 0 Å². The summed E-state index contributed by atoms with van der Waals surface area (Å²) in [5.74, 6) is 0.717. The molecule has 0 aliphatic carbocycles. The third-order valence-corrected chi connectivity index (χ3v) is 2.70. The average molecular weight is 273 g/mol. The van der Waals surface area contributed by atoms with E-state index in [1.54, 1.807) is 36.6 Å². The zero-order valence-corrected chi connectivity index (χ0v) is 10.5. The largest absolute Gasteiger partial charge is 0.461 e. The van der Waals surface area contributed by atoms with E-state index in [1.165, 1.54) is 10.9 Å². The number of benzene rings is 1. The zero-order valence-electron chi connectivity index (χ0n) is 10.5. The lowest BCUT2D eigenvalue weighted by atomic mass is 10.3. The summed E-state index contributed by atoms with van der Waals surface area (Å²) in [7, 11) is 0. The molecule has 2 heterocycles. The molecule has 0 radical (unpaired) electrons. The van der Waals surface area contributed by atoms with E-state index < -0.39 is 0 Å². The minimum absolute atomic E-state index is 0.282. The fourth-order valence-electron chi connectivity index (χ4n) is 1.74. The number of anilines is 1. The summed E-state index contributed by atoms with van der Waals surface area (Å²) in [5, 5.41) is 14.9. The van der Waals surface area contributed by atoms with Crippen molar-refractivity contribution in [3.05, 3.63) is 48.5 Å². The Morgan fingerprint density at radius 1 is 1.20 bits per heavy atom. The number of furan rings is 1. The van der Waals surface area contributed by atoms with E-state index in [2.05, 4.69) is 20.7 Å². The van der Waals surface area contributed by atoms with Crippen LogP contribution in [0, 0.1) is 5.82 Å². The number of aromatic nitrogens is 4. The summed E-state index contributed by atoms with van der Waals surface area (Å²) >= 11 is 0. The van der Waals surface area contributed by atoms with Crippen molar-refractivity contribution in [3.8, 4) is 11.6 Å². The summed E-state index contributed by atoms with van der Waals surface area (Å²) in [6.07, 6.45) is 1.55. The van der Waals surface area contributed by atoms with Crippen molar-refractivity contribution in [2.24, 2.45) is 0 Å². The highest BCUT2D eigenvalue weighted by Crippen LogP contribution is 2.13. The highest BCUT2D eigenvalue weighted by molar-refractivity contribution is 5.44. The molecule has 3 aromatic rings. The van der Waals surface area contributed by atoms with Gasteiger partial charge in [-0.3, -0.25) is 0 Å². The minimum Gasteiger partial charge on any atom is -0.461 e. The molecule has 0 aliphatic heterocycles. The number of halogens is 1. The van der Waals surface area contributed by atoms with Gasteiger partial charge in [-0.1, -0.05) is 12.1 Å². The molecule has 0 saturated carbocycles. The van der Waals surface area contributed by atoms with Gasteiger partial charge in [-0.2, -0.15) is 4.80 Å². The standard InChI is InChI=1S/C13H12FN5O/c14-10-4-1-2-5-11(10)15-7-8-19-17-13(16-18-19)12-6-3-9-20-12/h1-6,9,15H,7-8H2. The van der Waals surface area contributed by atoms with E-state index in [0.717, 1.165) is 0 Å². The zero-order chi connectivity index (χ0) is 13.8. The second-order valence-electron chi connectivity index (χ2n) is 4.09. The lowest BCUT2D eigenvalue weighted by Crippen LogP contribution is -2.13. The van der Waals surface area contributed by atoms with Crippen LogP contribution in [0.5, 0.6) is 0 Å². The molecule has 0 aliphatic rings. The molecule has 1 N–H and O–H groups in total. The van der Waals surface area contributed by atoms with Gasteiger partial charge in [-0.25, -0.2) is 4.39 Å². The first-order chi connectivity index (χ1) is 9.83. The lowest BCUT2D eigenvalue weighted by Gasteiger charge is -2.05. The molecule has 0 spiro atoms. The molecule has 102 valence electrons. The van der Waals surface area contributed by atoms with Crippen molar-refractivity contribution in [2.45, 2.75) is 6.54 Å².